The van der Waals surface area contributed by atoms with Crippen molar-refractivity contribution in [2.75, 3.05) is 39.5 Å². The van der Waals surface area contributed by atoms with Gasteiger partial charge in [0.1, 0.15) is 54.4 Å². The number of aliphatic carboxylic acids is 2. The molecular weight excluding hydrogens is 1050 g/mol. The van der Waals surface area contributed by atoms with Gasteiger partial charge in [0.25, 0.3) is 0 Å². The number of carbonyl (C=O) groups is 14. The second-order valence-corrected chi connectivity index (χ2v) is 18.0. The quantitative estimate of drug-likeness (QED) is 0.0292. The van der Waals surface area contributed by atoms with Gasteiger partial charge in [0.05, 0.1) is 39.5 Å². The Kier molecular flexibility index (Phi) is 31.1. The van der Waals surface area contributed by atoms with E-state index in [2.05, 4.69) is 53.2 Å². The highest BCUT2D eigenvalue weighted by atomic mass is 16.4. The van der Waals surface area contributed by atoms with Crippen LogP contribution in [0.2, 0.25) is 0 Å². The molecule has 9 atom stereocenters. The summed E-state index contributed by atoms with van der Waals surface area (Å²) in [6.45, 7) is -2.54. The van der Waals surface area contributed by atoms with E-state index in [1.165, 1.54) is 0 Å². The number of nitrogens with two attached hydrogens (primary N) is 3. The number of carbonyl (C=O) groups excluding carboxylic acids is 12. The highest BCUT2D eigenvalue weighted by Gasteiger charge is 2.34. The number of amides is 12. The van der Waals surface area contributed by atoms with E-state index in [9.17, 15) is 92.7 Å². The number of aliphatic hydroxyl groups is 4. The molecule has 0 aliphatic carbocycles. The maximum absolute atomic E-state index is 13.8. The van der Waals surface area contributed by atoms with Crippen LogP contribution in [0.15, 0.2) is 30.3 Å². The number of hydrogen-bond donors (Lipinski definition) is 19. The molecule has 79 heavy (non-hydrogen) atoms. The molecule has 0 heterocycles. The topological polar surface area (TPSA) is 559 Å². The van der Waals surface area contributed by atoms with Crippen molar-refractivity contribution in [1.29, 1.82) is 0 Å². The van der Waals surface area contributed by atoms with Crippen LogP contribution in [0.25, 0.3) is 0 Å². The fraction of sp³-hybridized carbons (Fsp3) is 0.565. The standard InChI is InChI=1S/C46H71N13O20/c1-22(2)14-28(52-35(66)16-51-40(72)30(19-61)53-36(67)17-50-39(71)25(8-11-33(48)64)54-38(70)24(47)18-60)43(75)56-27(10-13-37(68)69)41(73)55-26(9-12-34(49)65)42(74)58-32(21-63)45(77)59-31(20-62)44(76)57-29(46(78)79)15-23-6-4-3-5-7-23/h3-7,22,24-32,60-63H,8-21,47H2,1-2H3,(H2,48,64)(H2,49,65)(H,50,71)(H,51,72)(H,52,66)(H,53,67)(H,54,70)(H,55,73)(H,56,75)(H,57,76)(H,58,74)(H,59,77)(H,68,69)(H,78,79)/t24-,25-,26-,27-,28-,29-,30-,31-,32-/m0/s1. The maximum atomic E-state index is 13.8. The van der Waals surface area contributed by atoms with Crippen LogP contribution in [0, 0.1) is 5.92 Å². The summed E-state index contributed by atoms with van der Waals surface area (Å²) < 4.78 is 0. The molecule has 22 N–H and O–H groups in total. The van der Waals surface area contributed by atoms with Gasteiger partial charge >= 0.3 is 11.9 Å². The zero-order valence-electron chi connectivity index (χ0n) is 43.2. The molecule has 0 saturated heterocycles. The van der Waals surface area contributed by atoms with Gasteiger partial charge in [-0.25, -0.2) is 4.79 Å². The monoisotopic (exact) mass is 1130 g/mol. The molecule has 12 amide bonds. The first-order valence-electron chi connectivity index (χ1n) is 24.4. The highest BCUT2D eigenvalue weighted by molar-refractivity contribution is 5.98. The van der Waals surface area contributed by atoms with Crippen LogP contribution in [0.5, 0.6) is 0 Å². The molecule has 0 aliphatic heterocycles. The van der Waals surface area contributed by atoms with Crippen molar-refractivity contribution < 1.29 is 97.8 Å². The lowest BCUT2D eigenvalue weighted by Gasteiger charge is -2.27. The third kappa shape index (κ3) is 27.0. The van der Waals surface area contributed by atoms with Gasteiger partial charge in [-0.2, -0.15) is 0 Å². The van der Waals surface area contributed by atoms with E-state index in [0.29, 0.717) is 5.56 Å². The van der Waals surface area contributed by atoms with Crippen molar-refractivity contribution in [3.63, 3.8) is 0 Å². The highest BCUT2D eigenvalue weighted by Crippen LogP contribution is 2.09. The number of rotatable bonds is 38. The van der Waals surface area contributed by atoms with E-state index in [-0.39, 0.29) is 31.6 Å². The molecule has 0 bridgehead atoms. The van der Waals surface area contributed by atoms with E-state index in [4.69, 9.17) is 22.3 Å². The Hall–Kier alpha value is -8.40. The Morgan fingerprint density at radius 3 is 1.20 bits per heavy atom. The Balaban J connectivity index is 3.14. The average molecular weight is 1130 g/mol. The molecule has 0 radical (unpaired) electrons. The molecule has 0 fully saturated rings. The summed E-state index contributed by atoms with van der Waals surface area (Å²) in [5.74, 6) is -16.3. The summed E-state index contributed by atoms with van der Waals surface area (Å²) in [6.07, 6.45) is -3.60. The number of hydrogen-bond acceptors (Lipinski definition) is 19. The van der Waals surface area contributed by atoms with E-state index in [1.807, 2.05) is 0 Å². The zero-order valence-corrected chi connectivity index (χ0v) is 43.2. The molecule has 1 aromatic rings. The second kappa shape index (κ2) is 35.8. The molecule has 33 heteroatoms. The first kappa shape index (κ1) is 68.6. The van der Waals surface area contributed by atoms with Crippen LogP contribution in [0.4, 0.5) is 0 Å². The van der Waals surface area contributed by atoms with Gasteiger partial charge < -0.3 is 101 Å². The summed E-state index contributed by atoms with van der Waals surface area (Å²) >= 11 is 0. The van der Waals surface area contributed by atoms with Crippen LogP contribution < -0.4 is 70.4 Å². The number of benzene rings is 1. The molecule has 440 valence electrons. The zero-order chi connectivity index (χ0) is 59.9. The predicted octanol–water partition coefficient (Wildman–Crippen LogP) is -9.84. The summed E-state index contributed by atoms with van der Waals surface area (Å²) in [7, 11) is 0. The summed E-state index contributed by atoms with van der Waals surface area (Å²) in [5, 5.41) is 79.8. The number of carboxylic acids is 2. The SMILES string of the molecule is CC(C)C[C@H](NC(=O)CNC(=O)[C@H](CO)NC(=O)CNC(=O)[C@H](CCC(N)=O)NC(=O)[C@@H](N)CO)C(=O)N[C@@H](CCC(=O)O)C(=O)N[C@@H](CCC(N)=O)C(=O)N[C@@H](CO)C(=O)N[C@@H](CO)C(=O)N[C@@H](Cc1ccccc1)C(=O)O. The van der Waals surface area contributed by atoms with Crippen LogP contribution in [-0.4, -0.2) is 207 Å². The lowest BCUT2D eigenvalue weighted by atomic mass is 10.0. The molecule has 0 aromatic heterocycles. The number of carboxylic acid groups (broad SMARTS) is 2. The molecule has 33 nitrogen and oxygen atoms in total. The maximum Gasteiger partial charge on any atom is 0.326 e. The van der Waals surface area contributed by atoms with Crippen molar-refractivity contribution >= 4 is 82.8 Å². The van der Waals surface area contributed by atoms with E-state index >= 15 is 0 Å². The van der Waals surface area contributed by atoms with Crippen molar-refractivity contribution in [2.45, 2.75) is 120 Å². The molecular formula is C46H71N13O20. The fourth-order valence-electron chi connectivity index (χ4n) is 6.78. The predicted molar refractivity (Wildman–Crippen MR) is 269 cm³/mol. The van der Waals surface area contributed by atoms with E-state index in [1.54, 1.807) is 44.2 Å². The van der Waals surface area contributed by atoms with Crippen molar-refractivity contribution in [2.24, 2.45) is 23.1 Å². The van der Waals surface area contributed by atoms with Crippen LogP contribution in [0.1, 0.15) is 64.4 Å². The number of aliphatic hydroxyl groups excluding tert-OH is 4. The Bertz CT molecular complexity index is 2310. The Morgan fingerprint density at radius 2 is 0.797 bits per heavy atom. The minimum atomic E-state index is -1.93. The first-order valence-corrected chi connectivity index (χ1v) is 24.4. The molecule has 0 unspecified atom stereocenters. The van der Waals surface area contributed by atoms with Gasteiger partial charge in [-0.15, -0.1) is 0 Å². The fourth-order valence-corrected chi connectivity index (χ4v) is 6.78. The van der Waals surface area contributed by atoms with Crippen molar-refractivity contribution in [3.8, 4) is 0 Å². The summed E-state index contributed by atoms with van der Waals surface area (Å²) in [4.78, 5) is 177. The minimum absolute atomic E-state index is 0.137. The van der Waals surface area contributed by atoms with E-state index in [0.717, 1.165) is 0 Å². The third-order valence-electron chi connectivity index (χ3n) is 11.0. The lowest BCUT2D eigenvalue weighted by molar-refractivity contribution is -0.142. The Labute approximate surface area is 451 Å². The van der Waals surface area contributed by atoms with Gasteiger partial charge in [-0.1, -0.05) is 44.2 Å². The molecule has 0 aliphatic rings. The van der Waals surface area contributed by atoms with Gasteiger partial charge in [-0.05, 0) is 37.2 Å². The van der Waals surface area contributed by atoms with Gasteiger partial charge in [-0.3, -0.25) is 62.3 Å². The average Bonchev–Trinajstić information content (AvgIpc) is 3.39. The van der Waals surface area contributed by atoms with Crippen LogP contribution in [0.3, 0.4) is 0 Å². The Morgan fingerprint density at radius 1 is 0.443 bits per heavy atom. The summed E-state index contributed by atoms with van der Waals surface area (Å²) in [5.41, 5.74) is 16.4. The number of primary amides is 2. The summed E-state index contributed by atoms with van der Waals surface area (Å²) in [6, 6.07) is -6.82. The van der Waals surface area contributed by atoms with Crippen molar-refractivity contribution in [1.82, 2.24) is 53.2 Å². The van der Waals surface area contributed by atoms with Crippen LogP contribution >= 0.6 is 0 Å². The minimum Gasteiger partial charge on any atom is -0.481 e. The molecule has 0 saturated carbocycles. The van der Waals surface area contributed by atoms with Crippen molar-refractivity contribution in [3.05, 3.63) is 35.9 Å². The van der Waals surface area contributed by atoms with Gasteiger partial charge in [0.2, 0.25) is 70.9 Å². The lowest BCUT2D eigenvalue weighted by Crippen LogP contribution is -2.61. The largest absolute Gasteiger partial charge is 0.481 e. The van der Waals surface area contributed by atoms with Gasteiger partial charge in [0.15, 0.2) is 0 Å². The normalized spacial score (nSPS) is 14.3. The number of nitrogens with one attached hydrogen (secondary N) is 10. The second-order valence-electron chi connectivity index (χ2n) is 18.0. The van der Waals surface area contributed by atoms with Crippen LogP contribution in [-0.2, 0) is 73.5 Å². The molecule has 1 rings (SSSR count). The smallest absolute Gasteiger partial charge is 0.326 e. The molecule has 0 spiro atoms. The molecule has 1 aromatic carbocycles. The van der Waals surface area contributed by atoms with Gasteiger partial charge in [0, 0.05) is 25.7 Å². The van der Waals surface area contributed by atoms with E-state index < -0.39 is 202 Å². The first-order chi connectivity index (χ1) is 37.1. The third-order valence-corrected chi connectivity index (χ3v) is 11.0.